The normalized spacial score (nSPS) is 14.5. The van der Waals surface area contributed by atoms with Crippen LogP contribution in [0.5, 0.6) is 0 Å². The first kappa shape index (κ1) is 11.4. The standard InChI is InChI=1S/C14H18N4/c1-2-3-13-16-14(18-17-13)11-5-4-10-6-7-15-9-12(10)8-11/h4-5,8,15H,2-3,6-7,9H2,1H3,(H,16,17,18). The quantitative estimate of drug-likeness (QED) is 0.866. The molecule has 1 aliphatic heterocycles. The van der Waals surface area contributed by atoms with Crippen LogP contribution >= 0.6 is 0 Å². The van der Waals surface area contributed by atoms with Crippen LogP contribution in [0.25, 0.3) is 11.4 Å². The van der Waals surface area contributed by atoms with Gasteiger partial charge in [-0.1, -0.05) is 19.1 Å². The number of nitrogens with one attached hydrogen (secondary N) is 2. The highest BCUT2D eigenvalue weighted by atomic mass is 15.2. The number of fused-ring (bicyclic) bond motifs is 1. The Hall–Kier alpha value is -1.68. The largest absolute Gasteiger partial charge is 0.312 e. The van der Waals surface area contributed by atoms with Gasteiger partial charge in [0.05, 0.1) is 0 Å². The second kappa shape index (κ2) is 4.90. The van der Waals surface area contributed by atoms with Crippen molar-refractivity contribution in [3.63, 3.8) is 0 Å². The van der Waals surface area contributed by atoms with Gasteiger partial charge in [-0.15, -0.1) is 0 Å². The van der Waals surface area contributed by atoms with Gasteiger partial charge in [0.1, 0.15) is 5.82 Å². The average Bonchev–Trinajstić information content (AvgIpc) is 2.87. The molecule has 94 valence electrons. The molecule has 1 aliphatic rings. The molecular formula is C14H18N4. The molecular weight excluding hydrogens is 224 g/mol. The molecule has 0 aliphatic carbocycles. The number of hydrogen-bond acceptors (Lipinski definition) is 3. The Morgan fingerprint density at radius 3 is 3.11 bits per heavy atom. The molecule has 2 heterocycles. The van der Waals surface area contributed by atoms with Crippen LogP contribution in [0.1, 0.15) is 30.3 Å². The molecule has 0 radical (unpaired) electrons. The molecule has 0 saturated heterocycles. The van der Waals surface area contributed by atoms with E-state index in [0.29, 0.717) is 0 Å². The number of aromatic nitrogens is 3. The molecule has 0 unspecified atom stereocenters. The molecule has 0 amide bonds. The van der Waals surface area contributed by atoms with Crippen LogP contribution in [-0.4, -0.2) is 21.7 Å². The summed E-state index contributed by atoms with van der Waals surface area (Å²) in [7, 11) is 0. The van der Waals surface area contributed by atoms with Gasteiger partial charge in [0.2, 0.25) is 0 Å². The lowest BCUT2D eigenvalue weighted by Crippen LogP contribution is -2.23. The van der Waals surface area contributed by atoms with Crippen LogP contribution in [0.4, 0.5) is 0 Å². The molecule has 0 bridgehead atoms. The van der Waals surface area contributed by atoms with E-state index in [4.69, 9.17) is 0 Å². The number of aromatic amines is 1. The van der Waals surface area contributed by atoms with Crippen LogP contribution in [0.2, 0.25) is 0 Å². The molecule has 0 saturated carbocycles. The summed E-state index contributed by atoms with van der Waals surface area (Å²) in [5, 5.41) is 10.7. The minimum absolute atomic E-state index is 0.812. The molecule has 1 aromatic carbocycles. The monoisotopic (exact) mass is 242 g/mol. The van der Waals surface area contributed by atoms with Crippen LogP contribution < -0.4 is 5.32 Å². The zero-order chi connectivity index (χ0) is 12.4. The number of aryl methyl sites for hydroxylation is 1. The highest BCUT2D eigenvalue weighted by molar-refractivity contribution is 5.57. The lowest BCUT2D eigenvalue weighted by atomic mass is 9.98. The first-order chi connectivity index (χ1) is 8.86. The third kappa shape index (κ3) is 2.16. The molecule has 3 rings (SSSR count). The molecule has 18 heavy (non-hydrogen) atoms. The Balaban J connectivity index is 1.91. The average molecular weight is 242 g/mol. The third-order valence-corrected chi connectivity index (χ3v) is 3.37. The summed E-state index contributed by atoms with van der Waals surface area (Å²) in [5.41, 5.74) is 3.93. The first-order valence-corrected chi connectivity index (χ1v) is 6.61. The van der Waals surface area contributed by atoms with E-state index in [1.807, 2.05) is 0 Å². The second-order valence-corrected chi connectivity index (χ2v) is 4.77. The Bertz CT molecular complexity index is 544. The minimum atomic E-state index is 0.812. The highest BCUT2D eigenvalue weighted by Gasteiger charge is 2.11. The maximum absolute atomic E-state index is 4.53. The van der Waals surface area contributed by atoms with Gasteiger partial charge in [-0.3, -0.25) is 5.10 Å². The number of hydrogen-bond donors (Lipinski definition) is 2. The SMILES string of the molecule is CCCc1nc(-c2ccc3c(c2)CNCC3)n[nH]1. The van der Waals surface area contributed by atoms with E-state index in [1.165, 1.54) is 11.1 Å². The van der Waals surface area contributed by atoms with E-state index < -0.39 is 0 Å². The maximum atomic E-state index is 4.53. The van der Waals surface area contributed by atoms with Gasteiger partial charge >= 0.3 is 0 Å². The van der Waals surface area contributed by atoms with Crippen LogP contribution in [0.3, 0.4) is 0 Å². The molecule has 0 fully saturated rings. The summed E-state index contributed by atoms with van der Waals surface area (Å²) in [4.78, 5) is 4.53. The lowest BCUT2D eigenvalue weighted by Gasteiger charge is -2.17. The van der Waals surface area contributed by atoms with E-state index in [1.54, 1.807) is 0 Å². The van der Waals surface area contributed by atoms with Gasteiger partial charge in [0.25, 0.3) is 0 Å². The molecule has 0 spiro atoms. The lowest BCUT2D eigenvalue weighted by molar-refractivity contribution is 0.644. The van der Waals surface area contributed by atoms with E-state index in [0.717, 1.165) is 49.6 Å². The summed E-state index contributed by atoms with van der Waals surface area (Å²) in [6, 6.07) is 6.55. The van der Waals surface area contributed by atoms with Crippen molar-refractivity contribution < 1.29 is 0 Å². The highest BCUT2D eigenvalue weighted by Crippen LogP contribution is 2.21. The summed E-state index contributed by atoms with van der Waals surface area (Å²) in [6.45, 7) is 4.18. The molecule has 1 aromatic heterocycles. The van der Waals surface area contributed by atoms with Crippen LogP contribution in [-0.2, 0) is 19.4 Å². The van der Waals surface area contributed by atoms with Crippen molar-refractivity contribution >= 4 is 0 Å². The topological polar surface area (TPSA) is 53.6 Å². The number of benzene rings is 1. The summed E-state index contributed by atoms with van der Waals surface area (Å²) >= 11 is 0. The van der Waals surface area contributed by atoms with Crippen molar-refractivity contribution in [1.29, 1.82) is 0 Å². The Morgan fingerprint density at radius 2 is 2.22 bits per heavy atom. The van der Waals surface area contributed by atoms with Crippen molar-refractivity contribution in [2.24, 2.45) is 0 Å². The zero-order valence-corrected chi connectivity index (χ0v) is 10.7. The van der Waals surface area contributed by atoms with Gasteiger partial charge in [-0.05, 0) is 36.6 Å². The van der Waals surface area contributed by atoms with Gasteiger partial charge in [0, 0.05) is 18.5 Å². The van der Waals surface area contributed by atoms with Gasteiger partial charge in [0.15, 0.2) is 5.82 Å². The molecule has 4 nitrogen and oxygen atoms in total. The predicted molar refractivity (Wildman–Crippen MR) is 71.2 cm³/mol. The minimum Gasteiger partial charge on any atom is -0.312 e. The van der Waals surface area contributed by atoms with E-state index in [-0.39, 0.29) is 0 Å². The molecule has 4 heteroatoms. The zero-order valence-electron chi connectivity index (χ0n) is 10.7. The Morgan fingerprint density at radius 1 is 1.28 bits per heavy atom. The van der Waals surface area contributed by atoms with Crippen molar-refractivity contribution in [3.05, 3.63) is 35.2 Å². The number of nitrogens with zero attached hydrogens (tertiary/aromatic N) is 2. The third-order valence-electron chi connectivity index (χ3n) is 3.37. The molecule has 2 N–H and O–H groups in total. The van der Waals surface area contributed by atoms with Crippen molar-refractivity contribution in [2.45, 2.75) is 32.7 Å². The first-order valence-electron chi connectivity index (χ1n) is 6.61. The fraction of sp³-hybridized carbons (Fsp3) is 0.429. The Kier molecular flexibility index (Phi) is 3.11. The van der Waals surface area contributed by atoms with Crippen molar-refractivity contribution in [1.82, 2.24) is 20.5 Å². The fourth-order valence-corrected chi connectivity index (χ4v) is 2.39. The van der Waals surface area contributed by atoms with E-state index in [2.05, 4.69) is 45.6 Å². The second-order valence-electron chi connectivity index (χ2n) is 4.77. The van der Waals surface area contributed by atoms with Crippen LogP contribution in [0, 0.1) is 0 Å². The van der Waals surface area contributed by atoms with Crippen LogP contribution in [0.15, 0.2) is 18.2 Å². The number of rotatable bonds is 3. The molecule has 0 atom stereocenters. The van der Waals surface area contributed by atoms with Crippen molar-refractivity contribution in [2.75, 3.05) is 6.54 Å². The summed E-state index contributed by atoms with van der Waals surface area (Å²) in [5.74, 6) is 1.79. The van der Waals surface area contributed by atoms with Gasteiger partial charge in [-0.25, -0.2) is 4.98 Å². The van der Waals surface area contributed by atoms with Crippen molar-refractivity contribution in [3.8, 4) is 11.4 Å². The number of H-pyrrole nitrogens is 1. The maximum Gasteiger partial charge on any atom is 0.181 e. The smallest absolute Gasteiger partial charge is 0.181 e. The van der Waals surface area contributed by atoms with Gasteiger partial charge in [-0.2, -0.15) is 5.10 Å². The molecule has 2 aromatic rings. The summed E-state index contributed by atoms with van der Waals surface area (Å²) < 4.78 is 0. The summed E-state index contributed by atoms with van der Waals surface area (Å²) in [6.07, 6.45) is 3.16. The van der Waals surface area contributed by atoms with E-state index >= 15 is 0 Å². The fourth-order valence-electron chi connectivity index (χ4n) is 2.39. The van der Waals surface area contributed by atoms with Gasteiger partial charge < -0.3 is 5.32 Å². The van der Waals surface area contributed by atoms with E-state index in [9.17, 15) is 0 Å². The predicted octanol–water partition coefficient (Wildman–Crippen LogP) is 2.07. The Labute approximate surface area is 107 Å².